The number of aromatic nitrogens is 2. The predicted molar refractivity (Wildman–Crippen MR) is 137 cm³/mol. The Balaban J connectivity index is 1.80. The lowest BCUT2D eigenvalue weighted by molar-refractivity contribution is -0.149. The fraction of sp³-hybridized carbons (Fsp3) is 0.476. The number of hydrogen-bond acceptors (Lipinski definition) is 9. The predicted octanol–water partition coefficient (Wildman–Crippen LogP) is 2.22. The molecule has 3 N–H and O–H groups in total. The van der Waals surface area contributed by atoms with Crippen molar-refractivity contribution < 1.29 is 28.4 Å². The van der Waals surface area contributed by atoms with Crippen LogP contribution in [0.4, 0.5) is 0 Å². The van der Waals surface area contributed by atoms with E-state index in [-0.39, 0.29) is 12.7 Å². The molecule has 2 heterocycles. The third-order valence-electron chi connectivity index (χ3n) is 4.92. The lowest BCUT2D eigenvalue weighted by atomic mass is 10.2. The molecule has 0 bridgehead atoms. The van der Waals surface area contributed by atoms with E-state index in [1.807, 2.05) is 0 Å². The number of carbonyl (C=O) groups is 1. The number of halogens is 2. The first-order valence-electron chi connectivity index (χ1n) is 10.8. The van der Waals surface area contributed by atoms with Gasteiger partial charge < -0.3 is 23.6 Å². The van der Waals surface area contributed by atoms with Crippen LogP contribution in [-0.2, 0) is 30.6 Å². The van der Waals surface area contributed by atoms with Crippen molar-refractivity contribution in [3.05, 3.63) is 63.4 Å². The Bertz CT molecular complexity index is 1230. The van der Waals surface area contributed by atoms with Gasteiger partial charge >= 0.3 is 18.3 Å². The third-order valence-corrected chi connectivity index (χ3v) is 8.24. The van der Waals surface area contributed by atoms with Crippen molar-refractivity contribution in [2.75, 3.05) is 6.61 Å². The Morgan fingerprint density at radius 3 is 2.56 bits per heavy atom. The highest BCUT2D eigenvalue weighted by Gasteiger charge is 2.56. The molecule has 0 amide bonds. The highest BCUT2D eigenvalue weighted by molar-refractivity contribution is 8.09. The van der Waals surface area contributed by atoms with E-state index in [2.05, 4.69) is 10.1 Å². The summed E-state index contributed by atoms with van der Waals surface area (Å²) in [6.45, 7) is 1.18. The minimum atomic E-state index is -3.43. The maximum atomic E-state index is 12.4. The summed E-state index contributed by atoms with van der Waals surface area (Å²) in [5.74, 6) is -0.179. The average Bonchev–Trinajstić information content (AvgIpc) is 3.01. The van der Waals surface area contributed by atoms with Gasteiger partial charge in [0, 0.05) is 12.3 Å². The average molecular weight is 582 g/mol. The van der Waals surface area contributed by atoms with E-state index >= 15 is 0 Å². The zero-order chi connectivity index (χ0) is 26.7. The standard InChI is InChI=1S/C21H26Cl2N3O8PS/c1-12(2)32-18(29)13(3)25-35(36,34-14-7-5-4-6-8-14)31-11-15-17(28)21(22,23)19(33-15)26-10-9-16(27)24-20(26)30/h4-10,12-13,15,17,19,28H,11H2,1-3H3,(H,25,36)(H,24,27,30)/t13-,15-,17-,19-,35?/m1/s1. The summed E-state index contributed by atoms with van der Waals surface area (Å²) in [5.41, 5.74) is -1.46. The van der Waals surface area contributed by atoms with E-state index in [9.17, 15) is 19.5 Å². The molecule has 0 saturated carbocycles. The molecule has 5 atom stereocenters. The molecular weight excluding hydrogens is 556 g/mol. The number of benzene rings is 1. The molecule has 36 heavy (non-hydrogen) atoms. The summed E-state index contributed by atoms with van der Waals surface area (Å²) >= 11 is 18.3. The van der Waals surface area contributed by atoms with Gasteiger partial charge in [-0.3, -0.25) is 19.1 Å². The summed E-state index contributed by atoms with van der Waals surface area (Å²) < 4.78 is 21.7. The Morgan fingerprint density at radius 1 is 1.28 bits per heavy atom. The Hall–Kier alpha value is -1.76. The van der Waals surface area contributed by atoms with Crippen LogP contribution in [0, 0.1) is 0 Å². The highest BCUT2D eigenvalue weighted by Crippen LogP contribution is 2.49. The quantitative estimate of drug-likeness (QED) is 0.217. The number of nitrogens with zero attached hydrogens (tertiary/aromatic N) is 1. The SMILES string of the molecule is CC(C)OC(=O)[C@@H](C)NP(=S)(OC[C@H]1O[C@@H](n2ccc(=O)[nH]c2=O)C(Cl)(Cl)[C@@H]1O)Oc1ccccc1. The lowest BCUT2D eigenvalue weighted by Gasteiger charge is -2.28. The molecule has 1 aliphatic rings. The second-order valence-corrected chi connectivity index (χ2v) is 12.8. The van der Waals surface area contributed by atoms with Crippen LogP contribution < -0.4 is 20.9 Å². The number of nitrogens with one attached hydrogen (secondary N) is 2. The zero-order valence-electron chi connectivity index (χ0n) is 19.5. The molecule has 0 radical (unpaired) electrons. The monoisotopic (exact) mass is 581 g/mol. The molecule has 1 aromatic carbocycles. The van der Waals surface area contributed by atoms with Gasteiger partial charge in [-0.25, -0.2) is 9.88 Å². The summed E-state index contributed by atoms with van der Waals surface area (Å²) in [6.07, 6.45) is -3.22. The molecule has 1 unspecified atom stereocenters. The number of rotatable bonds is 10. The van der Waals surface area contributed by atoms with Gasteiger partial charge in [0.25, 0.3) is 5.56 Å². The number of esters is 1. The topological polar surface area (TPSA) is 141 Å². The van der Waals surface area contributed by atoms with E-state index in [0.717, 1.165) is 16.8 Å². The second-order valence-electron chi connectivity index (χ2n) is 8.20. The van der Waals surface area contributed by atoms with Gasteiger partial charge in [0.05, 0.1) is 12.7 Å². The molecule has 1 saturated heterocycles. The molecule has 1 aliphatic heterocycles. The van der Waals surface area contributed by atoms with E-state index in [1.54, 1.807) is 51.1 Å². The summed E-state index contributed by atoms with van der Waals surface area (Å²) in [4.78, 5) is 38.0. The fourth-order valence-electron chi connectivity index (χ4n) is 3.22. The molecule has 198 valence electrons. The maximum Gasteiger partial charge on any atom is 0.330 e. The maximum absolute atomic E-state index is 12.4. The van der Waals surface area contributed by atoms with Gasteiger partial charge in [-0.1, -0.05) is 41.4 Å². The Morgan fingerprint density at radius 2 is 1.94 bits per heavy atom. The van der Waals surface area contributed by atoms with Crippen molar-refractivity contribution in [3.63, 3.8) is 0 Å². The summed E-state index contributed by atoms with van der Waals surface area (Å²) in [5, 5.41) is 13.6. The Kier molecular flexibility index (Phi) is 9.40. The van der Waals surface area contributed by atoms with Gasteiger partial charge in [-0.15, -0.1) is 0 Å². The van der Waals surface area contributed by atoms with Crippen LogP contribution in [0.1, 0.15) is 27.0 Å². The second kappa shape index (κ2) is 11.7. The molecule has 2 aromatic rings. The summed E-state index contributed by atoms with van der Waals surface area (Å²) in [6, 6.07) is 8.77. The number of aliphatic hydroxyl groups excluding tert-OH is 1. The van der Waals surface area contributed by atoms with Crippen molar-refractivity contribution in [1.29, 1.82) is 0 Å². The van der Waals surface area contributed by atoms with Crippen LogP contribution in [0.25, 0.3) is 0 Å². The van der Waals surface area contributed by atoms with Crippen molar-refractivity contribution in [2.24, 2.45) is 0 Å². The number of aliphatic hydroxyl groups is 1. The molecule has 0 aliphatic carbocycles. The molecule has 15 heteroatoms. The smallest absolute Gasteiger partial charge is 0.330 e. The minimum Gasteiger partial charge on any atom is -0.462 e. The number of alkyl halides is 2. The number of carbonyl (C=O) groups excluding carboxylic acids is 1. The van der Waals surface area contributed by atoms with Crippen molar-refractivity contribution >= 4 is 47.6 Å². The number of para-hydroxylation sites is 1. The molecular formula is C21H26Cl2N3O8PS. The fourth-order valence-corrected chi connectivity index (χ4v) is 6.24. The molecule has 11 nitrogen and oxygen atoms in total. The van der Waals surface area contributed by atoms with Crippen molar-refractivity contribution in [1.82, 2.24) is 14.6 Å². The van der Waals surface area contributed by atoms with Crippen LogP contribution in [-0.4, -0.2) is 55.9 Å². The van der Waals surface area contributed by atoms with Crippen LogP contribution in [0.3, 0.4) is 0 Å². The van der Waals surface area contributed by atoms with Crippen LogP contribution in [0.2, 0.25) is 0 Å². The van der Waals surface area contributed by atoms with E-state index in [0.29, 0.717) is 5.75 Å². The van der Waals surface area contributed by atoms with E-state index in [1.165, 1.54) is 0 Å². The van der Waals surface area contributed by atoms with Gasteiger partial charge in [0.2, 0.25) is 0 Å². The van der Waals surface area contributed by atoms with Crippen LogP contribution >= 0.6 is 29.8 Å². The summed E-state index contributed by atoms with van der Waals surface area (Å²) in [7, 11) is 0. The first kappa shape index (κ1) is 28.8. The molecule has 3 rings (SSSR count). The van der Waals surface area contributed by atoms with Gasteiger partial charge in [0.1, 0.15) is 24.0 Å². The van der Waals surface area contributed by atoms with Crippen LogP contribution in [0.15, 0.2) is 52.2 Å². The molecule has 1 fully saturated rings. The lowest BCUT2D eigenvalue weighted by Crippen LogP contribution is -2.41. The number of H-pyrrole nitrogens is 1. The van der Waals surface area contributed by atoms with E-state index < -0.39 is 52.7 Å². The number of ether oxygens (including phenoxy) is 2. The first-order chi connectivity index (χ1) is 16.8. The minimum absolute atomic E-state index is 0.341. The highest BCUT2D eigenvalue weighted by atomic mass is 35.5. The largest absolute Gasteiger partial charge is 0.462 e. The normalized spacial score (nSPS) is 23.7. The zero-order valence-corrected chi connectivity index (χ0v) is 22.7. The van der Waals surface area contributed by atoms with E-state index in [4.69, 9.17) is 53.5 Å². The molecule has 0 spiro atoms. The van der Waals surface area contributed by atoms with Crippen molar-refractivity contribution in [2.45, 2.75) is 55.7 Å². The number of aromatic amines is 1. The Labute approximate surface area is 221 Å². The van der Waals surface area contributed by atoms with Gasteiger partial charge in [0.15, 0.2) is 10.6 Å². The van der Waals surface area contributed by atoms with Crippen molar-refractivity contribution in [3.8, 4) is 5.75 Å². The first-order valence-corrected chi connectivity index (χ1v) is 14.2. The van der Waals surface area contributed by atoms with Gasteiger partial charge in [-0.2, -0.15) is 0 Å². The number of hydrogen-bond donors (Lipinski definition) is 3. The van der Waals surface area contributed by atoms with Gasteiger partial charge in [-0.05, 0) is 44.7 Å². The third kappa shape index (κ3) is 6.96. The van der Waals surface area contributed by atoms with Crippen LogP contribution in [0.5, 0.6) is 5.75 Å². The molecule has 1 aromatic heterocycles.